The van der Waals surface area contributed by atoms with Gasteiger partial charge in [-0.2, -0.15) is 0 Å². The molecule has 0 atom stereocenters. The molecule has 0 bridgehead atoms. The lowest BCUT2D eigenvalue weighted by Crippen LogP contribution is -2.29. The first-order chi connectivity index (χ1) is 13.6. The Balaban J connectivity index is 1.59. The minimum absolute atomic E-state index is 0.298. The third kappa shape index (κ3) is 2.55. The summed E-state index contributed by atoms with van der Waals surface area (Å²) in [4.78, 5) is 36.6. The zero-order valence-corrected chi connectivity index (χ0v) is 16.4. The van der Waals surface area contributed by atoms with Crippen LogP contribution in [0.2, 0.25) is 0 Å². The van der Waals surface area contributed by atoms with Gasteiger partial charge >= 0.3 is 0 Å². The standard InChI is InChI=1S/C21H13N3O2S2/c1-12-10-27-18-17(12)22-11-23-19(18)28-16-9-5-4-8-15(16)24-20(25)13-6-2-3-7-14(13)21(24)26/h2-11H,1H3. The number of carbonyl (C=O) groups excluding carboxylic acids is 2. The van der Waals surface area contributed by atoms with Gasteiger partial charge in [0.2, 0.25) is 0 Å². The molecule has 0 unspecified atom stereocenters. The van der Waals surface area contributed by atoms with Crippen LogP contribution in [0.3, 0.4) is 0 Å². The van der Waals surface area contributed by atoms with E-state index >= 15 is 0 Å². The van der Waals surface area contributed by atoms with E-state index in [1.165, 1.54) is 16.7 Å². The van der Waals surface area contributed by atoms with Crippen molar-refractivity contribution >= 4 is 50.8 Å². The van der Waals surface area contributed by atoms with Crippen LogP contribution in [0.15, 0.2) is 70.2 Å². The molecular weight excluding hydrogens is 390 g/mol. The summed E-state index contributed by atoms with van der Waals surface area (Å²) in [5.41, 5.74) is 3.48. The smallest absolute Gasteiger partial charge is 0.266 e. The third-order valence-electron chi connectivity index (χ3n) is 4.61. The van der Waals surface area contributed by atoms with Crippen LogP contribution in [-0.4, -0.2) is 21.8 Å². The van der Waals surface area contributed by atoms with Gasteiger partial charge in [0.1, 0.15) is 11.4 Å². The Morgan fingerprint density at radius 3 is 2.36 bits per heavy atom. The highest BCUT2D eigenvalue weighted by atomic mass is 32.2. The maximum Gasteiger partial charge on any atom is 0.266 e. The van der Waals surface area contributed by atoms with Crippen molar-refractivity contribution in [2.24, 2.45) is 0 Å². The zero-order valence-electron chi connectivity index (χ0n) is 14.7. The highest BCUT2D eigenvalue weighted by Crippen LogP contribution is 2.41. The molecule has 0 fully saturated rings. The average molecular weight is 403 g/mol. The van der Waals surface area contributed by atoms with Crippen molar-refractivity contribution in [1.29, 1.82) is 0 Å². The molecule has 4 aromatic rings. The van der Waals surface area contributed by atoms with Gasteiger partial charge in [-0.15, -0.1) is 11.3 Å². The normalized spacial score (nSPS) is 13.4. The molecule has 0 saturated carbocycles. The van der Waals surface area contributed by atoms with E-state index in [0.717, 1.165) is 25.7 Å². The number of aryl methyl sites for hydroxylation is 1. The number of aromatic nitrogens is 2. The van der Waals surface area contributed by atoms with E-state index in [9.17, 15) is 9.59 Å². The number of amides is 2. The number of benzene rings is 2. The first-order valence-corrected chi connectivity index (χ1v) is 10.3. The Kier molecular flexibility index (Phi) is 3.99. The Morgan fingerprint density at radius 2 is 1.61 bits per heavy atom. The van der Waals surface area contributed by atoms with Crippen LogP contribution >= 0.6 is 23.1 Å². The van der Waals surface area contributed by atoms with Gasteiger partial charge in [0.25, 0.3) is 11.8 Å². The van der Waals surface area contributed by atoms with Crippen molar-refractivity contribution in [2.45, 2.75) is 16.8 Å². The summed E-state index contributed by atoms with van der Waals surface area (Å²) in [5, 5.41) is 2.87. The number of imide groups is 1. The highest BCUT2D eigenvalue weighted by molar-refractivity contribution is 7.99. The summed E-state index contributed by atoms with van der Waals surface area (Å²) < 4.78 is 1.00. The van der Waals surface area contributed by atoms with E-state index in [4.69, 9.17) is 0 Å². The minimum Gasteiger partial charge on any atom is -0.268 e. The van der Waals surface area contributed by atoms with Gasteiger partial charge in [0.15, 0.2) is 0 Å². The fourth-order valence-electron chi connectivity index (χ4n) is 3.26. The van der Waals surface area contributed by atoms with Crippen LogP contribution < -0.4 is 4.90 Å². The Morgan fingerprint density at radius 1 is 0.929 bits per heavy atom. The van der Waals surface area contributed by atoms with Gasteiger partial charge in [0, 0.05) is 4.90 Å². The largest absolute Gasteiger partial charge is 0.268 e. The van der Waals surface area contributed by atoms with Crippen molar-refractivity contribution in [3.63, 3.8) is 0 Å². The molecule has 3 heterocycles. The Labute approximate surface area is 169 Å². The third-order valence-corrected chi connectivity index (χ3v) is 6.90. The minimum atomic E-state index is -0.298. The molecule has 5 nitrogen and oxygen atoms in total. The van der Waals surface area contributed by atoms with Gasteiger partial charge < -0.3 is 0 Å². The van der Waals surface area contributed by atoms with E-state index in [1.54, 1.807) is 48.0 Å². The predicted molar refractivity (Wildman–Crippen MR) is 110 cm³/mol. The van der Waals surface area contributed by atoms with Crippen LogP contribution in [0.25, 0.3) is 10.2 Å². The number of thiophene rings is 1. The first-order valence-electron chi connectivity index (χ1n) is 8.58. The fraction of sp³-hybridized carbons (Fsp3) is 0.0476. The number of para-hydroxylation sites is 1. The quantitative estimate of drug-likeness (QED) is 0.358. The predicted octanol–water partition coefficient (Wildman–Crippen LogP) is 4.95. The average Bonchev–Trinajstić information content (AvgIpc) is 3.22. The van der Waals surface area contributed by atoms with Crippen LogP contribution in [0, 0.1) is 6.92 Å². The summed E-state index contributed by atoms with van der Waals surface area (Å²) in [6.45, 7) is 2.02. The maximum atomic E-state index is 12.9. The van der Waals surface area contributed by atoms with Crippen LogP contribution in [0.1, 0.15) is 26.3 Å². The van der Waals surface area contributed by atoms with Crippen molar-refractivity contribution in [3.8, 4) is 0 Å². The molecule has 0 radical (unpaired) electrons. The second-order valence-electron chi connectivity index (χ2n) is 6.34. The van der Waals surface area contributed by atoms with E-state index < -0.39 is 0 Å². The molecule has 1 aliphatic heterocycles. The summed E-state index contributed by atoms with van der Waals surface area (Å²) in [6.07, 6.45) is 1.55. The number of nitrogens with zero attached hydrogens (tertiary/aromatic N) is 3. The summed E-state index contributed by atoms with van der Waals surface area (Å²) in [5.74, 6) is -0.595. The van der Waals surface area contributed by atoms with Crippen molar-refractivity contribution in [2.75, 3.05) is 4.90 Å². The van der Waals surface area contributed by atoms with Gasteiger partial charge in [-0.3, -0.25) is 9.59 Å². The van der Waals surface area contributed by atoms with Crippen LogP contribution in [0.4, 0.5) is 5.69 Å². The molecule has 0 N–H and O–H groups in total. The molecule has 7 heteroatoms. The summed E-state index contributed by atoms with van der Waals surface area (Å²) >= 11 is 3.04. The lowest BCUT2D eigenvalue weighted by Gasteiger charge is -2.17. The molecule has 2 amide bonds. The maximum absolute atomic E-state index is 12.9. The number of anilines is 1. The first kappa shape index (κ1) is 17.1. The molecule has 28 heavy (non-hydrogen) atoms. The van der Waals surface area contributed by atoms with Gasteiger partial charge in [-0.1, -0.05) is 36.0 Å². The Hall–Kier alpha value is -3.03. The number of hydrogen-bond donors (Lipinski definition) is 0. The summed E-state index contributed by atoms with van der Waals surface area (Å²) in [6, 6.07) is 14.3. The molecule has 136 valence electrons. The van der Waals surface area contributed by atoms with Crippen molar-refractivity contribution in [1.82, 2.24) is 9.97 Å². The highest BCUT2D eigenvalue weighted by Gasteiger charge is 2.37. The zero-order chi connectivity index (χ0) is 19.3. The lowest BCUT2D eigenvalue weighted by molar-refractivity contribution is 0.0925. The number of carbonyl (C=O) groups is 2. The fourth-order valence-corrected chi connectivity index (χ4v) is 5.32. The molecule has 5 rings (SSSR count). The number of fused-ring (bicyclic) bond motifs is 2. The molecule has 0 spiro atoms. The second kappa shape index (κ2) is 6.54. The van der Waals surface area contributed by atoms with E-state index in [0.29, 0.717) is 16.8 Å². The van der Waals surface area contributed by atoms with Crippen molar-refractivity contribution < 1.29 is 9.59 Å². The molecular formula is C21H13N3O2S2. The molecule has 2 aromatic carbocycles. The molecule has 0 saturated heterocycles. The van der Waals surface area contributed by atoms with Crippen LogP contribution in [0.5, 0.6) is 0 Å². The number of rotatable bonds is 3. The van der Waals surface area contributed by atoms with Crippen LogP contribution in [-0.2, 0) is 0 Å². The molecule has 2 aromatic heterocycles. The van der Waals surface area contributed by atoms with E-state index in [-0.39, 0.29) is 11.8 Å². The van der Waals surface area contributed by atoms with Gasteiger partial charge in [-0.05, 0) is 42.1 Å². The van der Waals surface area contributed by atoms with E-state index in [1.807, 2.05) is 25.1 Å². The SMILES string of the molecule is Cc1csc2c(Sc3ccccc3N3C(=O)c4ccccc4C3=O)ncnc12. The topological polar surface area (TPSA) is 63.2 Å². The monoisotopic (exact) mass is 403 g/mol. The van der Waals surface area contributed by atoms with Gasteiger partial charge in [-0.25, -0.2) is 14.9 Å². The lowest BCUT2D eigenvalue weighted by atomic mass is 10.1. The molecule has 1 aliphatic rings. The summed E-state index contributed by atoms with van der Waals surface area (Å²) in [7, 11) is 0. The molecule has 0 aliphatic carbocycles. The van der Waals surface area contributed by atoms with Gasteiger partial charge in [0.05, 0.1) is 27.0 Å². The Bertz CT molecular complexity index is 1230. The number of hydrogen-bond acceptors (Lipinski definition) is 6. The second-order valence-corrected chi connectivity index (χ2v) is 8.25. The van der Waals surface area contributed by atoms with Crippen molar-refractivity contribution in [3.05, 3.63) is 76.9 Å². The van der Waals surface area contributed by atoms with E-state index in [2.05, 4.69) is 15.3 Å².